The lowest BCUT2D eigenvalue weighted by Crippen LogP contribution is -2.24. The van der Waals surface area contributed by atoms with Gasteiger partial charge in [0.15, 0.2) is 5.82 Å². The van der Waals surface area contributed by atoms with Crippen molar-refractivity contribution < 1.29 is 4.79 Å². The van der Waals surface area contributed by atoms with Gasteiger partial charge in [0.2, 0.25) is 0 Å². The van der Waals surface area contributed by atoms with Crippen LogP contribution >= 0.6 is 11.3 Å². The first-order valence-electron chi connectivity index (χ1n) is 5.17. The number of nitrogens with one attached hydrogen (secondary N) is 2. The fraction of sp³-hybridized carbons (Fsp3) is 0.200. The van der Waals surface area contributed by atoms with Crippen LogP contribution in [0.1, 0.15) is 21.2 Å². The number of rotatable bonds is 4. The zero-order valence-corrected chi connectivity index (χ0v) is 10.5. The Morgan fingerprint density at radius 3 is 2.83 bits per heavy atom. The van der Waals surface area contributed by atoms with E-state index in [1.54, 1.807) is 0 Å². The normalized spacial score (nSPS) is 10.1. The fourth-order valence-corrected chi connectivity index (χ4v) is 1.96. The molecule has 0 fully saturated rings. The molecule has 0 aliphatic carbocycles. The van der Waals surface area contributed by atoms with Crippen LogP contribution in [-0.2, 0) is 6.54 Å². The molecule has 0 aromatic carbocycles. The average Bonchev–Trinajstić information content (AvgIpc) is 2.82. The number of hydrogen-bond donors (Lipinski definition) is 3. The Balaban J connectivity index is 1.94. The summed E-state index contributed by atoms with van der Waals surface area (Å²) < 4.78 is 0. The molecule has 7 nitrogen and oxygen atoms in total. The smallest absolute Gasteiger partial charge is 0.271 e. The molecular formula is C10H12N6OS. The van der Waals surface area contributed by atoms with Gasteiger partial charge in [-0.15, -0.1) is 11.3 Å². The second-order valence-corrected chi connectivity index (χ2v) is 4.44. The molecule has 4 N–H and O–H groups in total. The summed E-state index contributed by atoms with van der Waals surface area (Å²) in [6.45, 7) is 2.29. The molecule has 0 bridgehead atoms. The summed E-state index contributed by atoms with van der Waals surface area (Å²) in [6.07, 6.45) is 2.75. The highest BCUT2D eigenvalue weighted by molar-refractivity contribution is 7.09. The average molecular weight is 264 g/mol. The number of hydrogen-bond acceptors (Lipinski definition) is 7. The van der Waals surface area contributed by atoms with Crippen LogP contribution in [0, 0.1) is 6.92 Å². The molecule has 94 valence electrons. The number of anilines is 1. The third-order valence-corrected chi connectivity index (χ3v) is 3.07. The highest BCUT2D eigenvalue weighted by Gasteiger charge is 2.08. The SMILES string of the molecule is Cc1csc(CNC(=O)c2cnc(NN)cn2)n1. The quantitative estimate of drug-likeness (QED) is 0.547. The number of nitrogens with two attached hydrogens (primary N) is 1. The Hall–Kier alpha value is -2.06. The Labute approximate surface area is 107 Å². The Morgan fingerprint density at radius 2 is 2.28 bits per heavy atom. The van der Waals surface area contributed by atoms with E-state index in [4.69, 9.17) is 5.84 Å². The van der Waals surface area contributed by atoms with Crippen LogP contribution < -0.4 is 16.6 Å². The second kappa shape index (κ2) is 5.52. The molecular weight excluding hydrogens is 252 g/mol. The lowest BCUT2D eigenvalue weighted by atomic mass is 10.4. The number of nitrogens with zero attached hydrogens (tertiary/aromatic N) is 3. The van der Waals surface area contributed by atoms with Crippen molar-refractivity contribution in [2.45, 2.75) is 13.5 Å². The molecule has 8 heteroatoms. The second-order valence-electron chi connectivity index (χ2n) is 3.50. The summed E-state index contributed by atoms with van der Waals surface area (Å²) >= 11 is 1.50. The predicted octanol–water partition coefficient (Wildman–Crippen LogP) is 0.457. The summed E-state index contributed by atoms with van der Waals surface area (Å²) in [5.74, 6) is 5.27. The van der Waals surface area contributed by atoms with Crippen LogP contribution in [0.4, 0.5) is 5.82 Å². The van der Waals surface area contributed by atoms with E-state index in [2.05, 4.69) is 25.7 Å². The summed E-state index contributed by atoms with van der Waals surface area (Å²) in [4.78, 5) is 23.8. The maximum atomic E-state index is 11.7. The molecule has 2 aromatic rings. The zero-order chi connectivity index (χ0) is 13.0. The van der Waals surface area contributed by atoms with E-state index in [0.717, 1.165) is 10.7 Å². The van der Waals surface area contributed by atoms with Gasteiger partial charge < -0.3 is 10.7 Å². The monoisotopic (exact) mass is 264 g/mol. The largest absolute Gasteiger partial charge is 0.344 e. The standard InChI is InChI=1S/C10H12N6OS/c1-6-5-18-9(15-6)4-14-10(17)7-2-13-8(16-11)3-12-7/h2-3,5H,4,11H2,1H3,(H,13,16)(H,14,17). The van der Waals surface area contributed by atoms with E-state index in [1.807, 2.05) is 12.3 Å². The van der Waals surface area contributed by atoms with Gasteiger partial charge in [0.25, 0.3) is 5.91 Å². The van der Waals surface area contributed by atoms with Gasteiger partial charge in [0.1, 0.15) is 10.7 Å². The van der Waals surface area contributed by atoms with Gasteiger partial charge in [-0.25, -0.2) is 20.8 Å². The van der Waals surface area contributed by atoms with Crippen LogP contribution in [0.15, 0.2) is 17.8 Å². The number of amides is 1. The molecule has 0 aliphatic rings. The van der Waals surface area contributed by atoms with E-state index in [9.17, 15) is 4.79 Å². The van der Waals surface area contributed by atoms with Gasteiger partial charge >= 0.3 is 0 Å². The van der Waals surface area contributed by atoms with Crippen LogP contribution in [-0.4, -0.2) is 20.9 Å². The minimum Gasteiger partial charge on any atom is -0.344 e. The van der Waals surface area contributed by atoms with Crippen molar-refractivity contribution in [1.82, 2.24) is 20.3 Å². The number of thiazole rings is 1. The lowest BCUT2D eigenvalue weighted by molar-refractivity contribution is 0.0945. The Morgan fingerprint density at radius 1 is 1.44 bits per heavy atom. The highest BCUT2D eigenvalue weighted by Crippen LogP contribution is 2.08. The van der Waals surface area contributed by atoms with Crippen molar-refractivity contribution >= 4 is 23.1 Å². The zero-order valence-electron chi connectivity index (χ0n) is 9.67. The minimum atomic E-state index is -0.293. The summed E-state index contributed by atoms with van der Waals surface area (Å²) in [5.41, 5.74) is 3.52. The molecule has 0 saturated carbocycles. The van der Waals surface area contributed by atoms with E-state index >= 15 is 0 Å². The first kappa shape index (κ1) is 12.4. The van der Waals surface area contributed by atoms with Crippen molar-refractivity contribution in [2.75, 3.05) is 5.43 Å². The number of carbonyl (C=O) groups excluding carboxylic acids is 1. The van der Waals surface area contributed by atoms with Crippen LogP contribution in [0.5, 0.6) is 0 Å². The van der Waals surface area contributed by atoms with Gasteiger partial charge in [-0.1, -0.05) is 0 Å². The predicted molar refractivity (Wildman–Crippen MR) is 67.9 cm³/mol. The van der Waals surface area contributed by atoms with E-state index < -0.39 is 0 Å². The number of nitrogen functional groups attached to an aromatic ring is 1. The summed E-state index contributed by atoms with van der Waals surface area (Å²) in [5, 5.41) is 5.51. The molecule has 0 radical (unpaired) electrons. The molecule has 2 heterocycles. The van der Waals surface area contributed by atoms with Gasteiger partial charge in [-0.3, -0.25) is 4.79 Å². The van der Waals surface area contributed by atoms with Crippen molar-refractivity contribution in [1.29, 1.82) is 0 Å². The van der Waals surface area contributed by atoms with Crippen molar-refractivity contribution in [3.8, 4) is 0 Å². The molecule has 0 spiro atoms. The maximum Gasteiger partial charge on any atom is 0.271 e. The molecule has 0 saturated heterocycles. The van der Waals surface area contributed by atoms with E-state index in [0.29, 0.717) is 12.4 Å². The minimum absolute atomic E-state index is 0.238. The molecule has 2 aromatic heterocycles. The number of hydrazine groups is 1. The van der Waals surface area contributed by atoms with Gasteiger partial charge in [-0.05, 0) is 6.92 Å². The van der Waals surface area contributed by atoms with E-state index in [-0.39, 0.29) is 11.6 Å². The van der Waals surface area contributed by atoms with Crippen molar-refractivity contribution in [3.63, 3.8) is 0 Å². The maximum absolute atomic E-state index is 11.7. The fourth-order valence-electron chi connectivity index (χ4n) is 1.25. The topological polar surface area (TPSA) is 106 Å². The molecule has 2 rings (SSSR count). The van der Waals surface area contributed by atoms with Crippen LogP contribution in [0.2, 0.25) is 0 Å². The molecule has 1 amide bonds. The third-order valence-electron chi connectivity index (χ3n) is 2.10. The third kappa shape index (κ3) is 2.99. The summed E-state index contributed by atoms with van der Waals surface area (Å²) in [7, 11) is 0. The first-order chi connectivity index (χ1) is 8.69. The highest BCUT2D eigenvalue weighted by atomic mass is 32.1. The van der Waals surface area contributed by atoms with Gasteiger partial charge in [-0.2, -0.15) is 0 Å². The number of carbonyl (C=O) groups is 1. The Kier molecular flexibility index (Phi) is 3.80. The summed E-state index contributed by atoms with van der Waals surface area (Å²) in [6, 6.07) is 0. The number of aryl methyl sites for hydroxylation is 1. The van der Waals surface area contributed by atoms with Crippen LogP contribution in [0.3, 0.4) is 0 Å². The van der Waals surface area contributed by atoms with E-state index in [1.165, 1.54) is 23.7 Å². The molecule has 0 aliphatic heterocycles. The first-order valence-corrected chi connectivity index (χ1v) is 6.05. The molecule has 18 heavy (non-hydrogen) atoms. The molecule has 0 atom stereocenters. The van der Waals surface area contributed by atoms with Crippen molar-refractivity contribution in [2.24, 2.45) is 5.84 Å². The molecule has 0 unspecified atom stereocenters. The van der Waals surface area contributed by atoms with Gasteiger partial charge in [0.05, 0.1) is 18.9 Å². The number of aromatic nitrogens is 3. The van der Waals surface area contributed by atoms with Gasteiger partial charge in [0, 0.05) is 11.1 Å². The van der Waals surface area contributed by atoms with Crippen LogP contribution in [0.25, 0.3) is 0 Å². The lowest BCUT2D eigenvalue weighted by Gasteiger charge is -2.03. The van der Waals surface area contributed by atoms with Crippen molar-refractivity contribution in [3.05, 3.63) is 34.2 Å². The Bertz CT molecular complexity index is 538.